The highest BCUT2D eigenvalue weighted by Gasteiger charge is 2.26. The summed E-state index contributed by atoms with van der Waals surface area (Å²) in [5, 5.41) is 0. The van der Waals surface area contributed by atoms with E-state index in [4.69, 9.17) is 5.73 Å². The maximum atomic E-state index is 14.0. The van der Waals surface area contributed by atoms with Crippen molar-refractivity contribution in [2.75, 3.05) is 17.2 Å². The predicted molar refractivity (Wildman–Crippen MR) is 108 cm³/mol. The van der Waals surface area contributed by atoms with Gasteiger partial charge in [-0.1, -0.05) is 33.8 Å². The van der Waals surface area contributed by atoms with Crippen LogP contribution in [0.25, 0.3) is 0 Å². The Labute approximate surface area is 163 Å². The molecular weight excluding hydrogens is 363 g/mol. The van der Waals surface area contributed by atoms with Gasteiger partial charge in [-0.15, -0.1) is 0 Å². The number of nitrogens with one attached hydrogen (secondary N) is 1. The number of rotatable bonds is 6. The van der Waals surface area contributed by atoms with Crippen molar-refractivity contribution < 1.29 is 9.18 Å². The van der Waals surface area contributed by atoms with Gasteiger partial charge in [-0.3, -0.25) is 19.1 Å². The molecule has 7 nitrogen and oxygen atoms in total. The van der Waals surface area contributed by atoms with Crippen LogP contribution >= 0.6 is 0 Å². The van der Waals surface area contributed by atoms with Gasteiger partial charge < -0.3 is 10.6 Å². The SMILES string of the molecule is Cc1ccc(C(=O)N(CC(C)C)c2c(N)n(CC(C)C)c(=O)[nH]c2=O)cc1F. The average Bonchev–Trinajstić information content (AvgIpc) is 2.59. The number of nitrogens with two attached hydrogens (primary N) is 1. The molecule has 1 aromatic carbocycles. The first kappa shape index (κ1) is 21.4. The second kappa shape index (κ2) is 8.41. The molecular formula is C20H27FN4O3. The van der Waals surface area contributed by atoms with Crippen LogP contribution in [0.5, 0.6) is 0 Å². The average molecular weight is 390 g/mol. The van der Waals surface area contributed by atoms with Gasteiger partial charge in [-0.25, -0.2) is 9.18 Å². The Bertz CT molecular complexity index is 992. The third-order valence-electron chi connectivity index (χ3n) is 4.24. The van der Waals surface area contributed by atoms with Gasteiger partial charge in [0.15, 0.2) is 5.69 Å². The molecule has 0 unspecified atom stereocenters. The summed E-state index contributed by atoms with van der Waals surface area (Å²) in [6.45, 7) is 9.64. The molecule has 1 heterocycles. The highest BCUT2D eigenvalue weighted by Crippen LogP contribution is 2.22. The third-order valence-corrected chi connectivity index (χ3v) is 4.24. The van der Waals surface area contributed by atoms with E-state index in [1.807, 2.05) is 27.7 Å². The minimum absolute atomic E-state index is 0.00326. The van der Waals surface area contributed by atoms with Crippen LogP contribution in [0.4, 0.5) is 15.9 Å². The summed E-state index contributed by atoms with van der Waals surface area (Å²) in [6.07, 6.45) is 0. The fourth-order valence-electron chi connectivity index (χ4n) is 2.91. The normalized spacial score (nSPS) is 11.3. The summed E-state index contributed by atoms with van der Waals surface area (Å²) in [7, 11) is 0. The van der Waals surface area contributed by atoms with Crippen LogP contribution in [0, 0.1) is 24.6 Å². The molecule has 3 N–H and O–H groups in total. The van der Waals surface area contributed by atoms with Crippen LogP contribution in [-0.4, -0.2) is 22.0 Å². The van der Waals surface area contributed by atoms with Crippen LogP contribution in [-0.2, 0) is 6.54 Å². The Morgan fingerprint density at radius 2 is 1.86 bits per heavy atom. The number of carbonyl (C=O) groups excluding carboxylic acids is 1. The van der Waals surface area contributed by atoms with Gasteiger partial charge in [-0.2, -0.15) is 0 Å². The van der Waals surface area contributed by atoms with E-state index in [-0.39, 0.29) is 42.0 Å². The van der Waals surface area contributed by atoms with E-state index >= 15 is 0 Å². The Hall–Kier alpha value is -2.90. The number of hydrogen-bond acceptors (Lipinski definition) is 4. The van der Waals surface area contributed by atoms with Gasteiger partial charge in [0.05, 0.1) is 0 Å². The first-order valence-electron chi connectivity index (χ1n) is 9.23. The number of nitrogens with zero attached hydrogens (tertiary/aromatic N) is 2. The monoisotopic (exact) mass is 390 g/mol. The van der Waals surface area contributed by atoms with Gasteiger partial charge in [0, 0.05) is 18.7 Å². The lowest BCUT2D eigenvalue weighted by atomic mass is 10.1. The molecule has 152 valence electrons. The smallest absolute Gasteiger partial charge is 0.330 e. The third kappa shape index (κ3) is 4.49. The Morgan fingerprint density at radius 3 is 2.39 bits per heavy atom. The van der Waals surface area contributed by atoms with E-state index in [2.05, 4.69) is 4.98 Å². The summed E-state index contributed by atoms with van der Waals surface area (Å²) in [4.78, 5) is 41.3. The molecule has 0 fully saturated rings. The molecule has 0 aliphatic heterocycles. The molecule has 1 aromatic heterocycles. The fourth-order valence-corrected chi connectivity index (χ4v) is 2.91. The highest BCUT2D eigenvalue weighted by molar-refractivity contribution is 6.07. The molecule has 2 aromatic rings. The van der Waals surface area contributed by atoms with Crippen molar-refractivity contribution in [2.24, 2.45) is 11.8 Å². The van der Waals surface area contributed by atoms with E-state index in [1.165, 1.54) is 21.6 Å². The lowest BCUT2D eigenvalue weighted by Crippen LogP contribution is -2.43. The molecule has 0 spiro atoms. The number of hydrogen-bond donors (Lipinski definition) is 2. The summed E-state index contributed by atoms with van der Waals surface area (Å²) in [5.74, 6) is -1.05. The number of carbonyl (C=O) groups is 1. The minimum Gasteiger partial charge on any atom is -0.383 e. The van der Waals surface area contributed by atoms with Crippen LogP contribution in [0.2, 0.25) is 0 Å². The fraction of sp³-hybridized carbons (Fsp3) is 0.450. The maximum absolute atomic E-state index is 14.0. The van der Waals surface area contributed by atoms with Gasteiger partial charge >= 0.3 is 5.69 Å². The van der Waals surface area contributed by atoms with Crippen molar-refractivity contribution in [3.63, 3.8) is 0 Å². The highest BCUT2D eigenvalue weighted by atomic mass is 19.1. The molecule has 0 aliphatic carbocycles. The van der Waals surface area contributed by atoms with Gasteiger partial charge in [0.1, 0.15) is 11.6 Å². The lowest BCUT2D eigenvalue weighted by Gasteiger charge is -2.26. The molecule has 2 rings (SSSR count). The van der Waals surface area contributed by atoms with Crippen LogP contribution in [0.3, 0.4) is 0 Å². The van der Waals surface area contributed by atoms with E-state index in [1.54, 1.807) is 6.92 Å². The van der Waals surface area contributed by atoms with Crippen molar-refractivity contribution >= 4 is 17.4 Å². The standard InChI is InChI=1S/C20H27FN4O3/c1-11(2)9-24(19(27)14-7-6-13(5)15(21)8-14)16-17(22)25(10-12(3)4)20(28)23-18(16)26/h6-8,11-12H,9-10,22H2,1-5H3,(H,23,26,28). The zero-order chi connectivity index (χ0) is 21.2. The number of aryl methyl sites for hydroxylation is 1. The van der Waals surface area contributed by atoms with Gasteiger partial charge in [0.25, 0.3) is 11.5 Å². The second-order valence-corrected chi connectivity index (χ2v) is 7.77. The first-order chi connectivity index (χ1) is 13.0. The molecule has 0 radical (unpaired) electrons. The maximum Gasteiger partial charge on any atom is 0.330 e. The summed E-state index contributed by atoms with van der Waals surface area (Å²) < 4.78 is 15.2. The Morgan fingerprint density at radius 1 is 1.21 bits per heavy atom. The quantitative estimate of drug-likeness (QED) is 0.791. The summed E-state index contributed by atoms with van der Waals surface area (Å²) in [5.41, 5.74) is 5.20. The molecule has 28 heavy (non-hydrogen) atoms. The molecule has 1 amide bonds. The van der Waals surface area contributed by atoms with Gasteiger partial charge in [-0.05, 0) is 36.5 Å². The molecule has 0 bridgehead atoms. The molecule has 0 saturated carbocycles. The number of halogens is 1. The Balaban J connectivity index is 2.66. The number of aromatic amines is 1. The van der Waals surface area contributed by atoms with E-state index in [0.29, 0.717) is 5.56 Å². The summed E-state index contributed by atoms with van der Waals surface area (Å²) >= 11 is 0. The van der Waals surface area contributed by atoms with Gasteiger partial charge in [0.2, 0.25) is 0 Å². The minimum atomic E-state index is -0.746. The second-order valence-electron chi connectivity index (χ2n) is 7.77. The van der Waals surface area contributed by atoms with Crippen LogP contribution < -0.4 is 21.9 Å². The Kier molecular flexibility index (Phi) is 6.43. The van der Waals surface area contributed by atoms with Crippen molar-refractivity contribution in [1.82, 2.24) is 9.55 Å². The van der Waals surface area contributed by atoms with Crippen molar-refractivity contribution in [3.8, 4) is 0 Å². The number of amides is 1. The molecule has 0 atom stereocenters. The largest absolute Gasteiger partial charge is 0.383 e. The van der Waals surface area contributed by atoms with E-state index in [9.17, 15) is 18.8 Å². The molecule has 8 heteroatoms. The number of H-pyrrole nitrogens is 1. The van der Waals surface area contributed by atoms with Crippen LogP contribution in [0.1, 0.15) is 43.6 Å². The number of nitrogen functional groups attached to an aromatic ring is 1. The summed E-state index contributed by atoms with van der Waals surface area (Å²) in [6, 6.07) is 4.14. The number of benzene rings is 1. The van der Waals surface area contributed by atoms with E-state index in [0.717, 1.165) is 6.07 Å². The molecule has 0 saturated heterocycles. The zero-order valence-corrected chi connectivity index (χ0v) is 16.9. The van der Waals surface area contributed by atoms with Crippen molar-refractivity contribution in [2.45, 2.75) is 41.2 Å². The lowest BCUT2D eigenvalue weighted by molar-refractivity contribution is 0.0983. The predicted octanol–water partition coefficient (Wildman–Crippen LogP) is 2.53. The zero-order valence-electron chi connectivity index (χ0n) is 16.9. The number of anilines is 2. The molecule has 0 aliphatic rings. The van der Waals surface area contributed by atoms with Crippen LogP contribution in [0.15, 0.2) is 27.8 Å². The number of aromatic nitrogens is 2. The van der Waals surface area contributed by atoms with Crippen molar-refractivity contribution in [1.29, 1.82) is 0 Å². The first-order valence-corrected chi connectivity index (χ1v) is 9.23. The van der Waals surface area contributed by atoms with Crippen molar-refractivity contribution in [3.05, 3.63) is 56.0 Å². The topological polar surface area (TPSA) is 101 Å². The van der Waals surface area contributed by atoms with E-state index < -0.39 is 23.0 Å².